The molecule has 0 radical (unpaired) electrons. The van der Waals surface area contributed by atoms with Crippen molar-refractivity contribution in [1.29, 1.82) is 0 Å². The summed E-state index contributed by atoms with van der Waals surface area (Å²) in [6.45, 7) is -0.987. The van der Waals surface area contributed by atoms with E-state index in [0.717, 1.165) is 4.90 Å². The molecule has 0 saturated heterocycles. The van der Waals surface area contributed by atoms with Crippen LogP contribution in [0.3, 0.4) is 0 Å². The Kier molecular flexibility index (Phi) is 2.49. The maximum Gasteiger partial charge on any atom is 0.406 e. The molecule has 1 aromatic rings. The van der Waals surface area contributed by atoms with Gasteiger partial charge < -0.3 is 15.2 Å². The molecule has 2 rings (SSSR count). The van der Waals surface area contributed by atoms with E-state index in [2.05, 4.69) is 15.3 Å². The third-order valence-electron chi connectivity index (χ3n) is 2.18. The van der Waals surface area contributed by atoms with Crippen LogP contribution in [0.4, 0.5) is 19.0 Å². The van der Waals surface area contributed by atoms with Crippen LogP contribution in [0, 0.1) is 0 Å². The summed E-state index contributed by atoms with van der Waals surface area (Å²) >= 11 is 0. The van der Waals surface area contributed by atoms with E-state index in [1.54, 1.807) is 0 Å². The fourth-order valence-corrected chi connectivity index (χ4v) is 1.53. The van der Waals surface area contributed by atoms with Crippen molar-refractivity contribution in [2.45, 2.75) is 6.18 Å². The first kappa shape index (κ1) is 10.8. The van der Waals surface area contributed by atoms with Gasteiger partial charge >= 0.3 is 6.18 Å². The summed E-state index contributed by atoms with van der Waals surface area (Å²) in [6, 6.07) is 0. The number of imidazole rings is 1. The van der Waals surface area contributed by atoms with E-state index in [1.165, 1.54) is 6.33 Å². The van der Waals surface area contributed by atoms with Gasteiger partial charge in [-0.15, -0.1) is 0 Å². The molecule has 0 fully saturated rings. The number of alkyl halides is 3. The monoisotopic (exact) mass is 234 g/mol. The number of nitrogens with zero attached hydrogens (tertiary/aromatic N) is 2. The lowest BCUT2D eigenvalue weighted by Gasteiger charge is -2.20. The number of nitrogens with one attached hydrogen (secondary N) is 2. The summed E-state index contributed by atoms with van der Waals surface area (Å²) in [5.74, 6) is -0.340. The molecule has 2 N–H and O–H groups in total. The van der Waals surface area contributed by atoms with Gasteiger partial charge in [-0.2, -0.15) is 13.2 Å². The van der Waals surface area contributed by atoms with Gasteiger partial charge in [0.15, 0.2) is 5.69 Å². The lowest BCUT2D eigenvalue weighted by Crippen LogP contribution is -2.40. The molecule has 0 atom stereocenters. The summed E-state index contributed by atoms with van der Waals surface area (Å²) in [4.78, 5) is 18.8. The highest BCUT2D eigenvalue weighted by Crippen LogP contribution is 2.21. The predicted octanol–water partition coefficient (Wildman–Crippen LogP) is 0.840. The smallest absolute Gasteiger partial charge is 0.368 e. The van der Waals surface area contributed by atoms with Crippen molar-refractivity contribution >= 4 is 11.7 Å². The Hall–Kier alpha value is -1.73. The predicted molar refractivity (Wildman–Crippen MR) is 49.0 cm³/mol. The number of carbonyl (C=O) groups is 1. The van der Waals surface area contributed by atoms with Gasteiger partial charge in [0, 0.05) is 13.1 Å². The van der Waals surface area contributed by atoms with Crippen molar-refractivity contribution in [3.05, 3.63) is 12.0 Å². The molecule has 16 heavy (non-hydrogen) atoms. The van der Waals surface area contributed by atoms with Crippen LogP contribution in [0.2, 0.25) is 0 Å². The SMILES string of the molecule is O=C1c2nc[nH]c2NCCN1CC(F)(F)F. The van der Waals surface area contributed by atoms with Crippen molar-refractivity contribution < 1.29 is 18.0 Å². The first-order valence-corrected chi connectivity index (χ1v) is 4.60. The highest BCUT2D eigenvalue weighted by atomic mass is 19.4. The van der Waals surface area contributed by atoms with Gasteiger partial charge in [0.2, 0.25) is 0 Å². The first-order valence-electron chi connectivity index (χ1n) is 4.60. The summed E-state index contributed by atoms with van der Waals surface area (Å²) in [6.07, 6.45) is -3.12. The van der Waals surface area contributed by atoms with E-state index >= 15 is 0 Å². The summed E-state index contributed by atoms with van der Waals surface area (Å²) in [5, 5.41) is 2.80. The number of aromatic nitrogens is 2. The van der Waals surface area contributed by atoms with Crippen LogP contribution in [0.25, 0.3) is 0 Å². The third kappa shape index (κ3) is 2.10. The minimum absolute atomic E-state index is 0.00162. The molecule has 2 heterocycles. The van der Waals surface area contributed by atoms with Crippen LogP contribution in [0.1, 0.15) is 10.5 Å². The number of halogens is 3. The van der Waals surface area contributed by atoms with Crippen LogP contribution in [0.5, 0.6) is 0 Å². The average Bonchev–Trinajstić information content (AvgIpc) is 2.56. The maximum absolute atomic E-state index is 12.2. The van der Waals surface area contributed by atoms with Crippen LogP contribution < -0.4 is 5.32 Å². The lowest BCUT2D eigenvalue weighted by atomic mass is 10.3. The molecule has 5 nitrogen and oxygen atoms in total. The Morgan fingerprint density at radius 1 is 1.50 bits per heavy atom. The molecule has 1 amide bonds. The van der Waals surface area contributed by atoms with Gasteiger partial charge in [-0.1, -0.05) is 0 Å². The second-order valence-electron chi connectivity index (χ2n) is 3.39. The fraction of sp³-hybridized carbons (Fsp3) is 0.500. The molecule has 1 aromatic heterocycles. The van der Waals surface area contributed by atoms with E-state index in [-0.39, 0.29) is 18.8 Å². The molecule has 0 aromatic carbocycles. The molecular formula is C8H9F3N4O. The zero-order chi connectivity index (χ0) is 11.8. The Labute approximate surface area is 88.6 Å². The summed E-state index contributed by atoms with van der Waals surface area (Å²) < 4.78 is 36.6. The number of fused-ring (bicyclic) bond motifs is 1. The normalized spacial score (nSPS) is 16.7. The van der Waals surface area contributed by atoms with E-state index < -0.39 is 18.6 Å². The number of anilines is 1. The standard InChI is InChI=1S/C8H9F3N4O/c9-8(10,11)3-15-2-1-12-6-5(7(15)16)13-4-14-6/h4,12H,1-3H2,(H,13,14). The second kappa shape index (κ2) is 3.69. The summed E-state index contributed by atoms with van der Waals surface area (Å²) in [7, 11) is 0. The number of H-pyrrole nitrogens is 1. The van der Waals surface area contributed by atoms with Crippen LogP contribution in [-0.2, 0) is 0 Å². The third-order valence-corrected chi connectivity index (χ3v) is 2.18. The largest absolute Gasteiger partial charge is 0.406 e. The number of hydrogen-bond acceptors (Lipinski definition) is 3. The second-order valence-corrected chi connectivity index (χ2v) is 3.39. The zero-order valence-electron chi connectivity index (χ0n) is 8.14. The molecule has 0 bridgehead atoms. The number of carbonyl (C=O) groups excluding carboxylic acids is 1. The Bertz CT molecular complexity index is 400. The lowest BCUT2D eigenvalue weighted by molar-refractivity contribution is -0.140. The zero-order valence-corrected chi connectivity index (χ0v) is 8.14. The number of aromatic amines is 1. The topological polar surface area (TPSA) is 61.0 Å². The molecule has 0 unspecified atom stereocenters. The molecule has 1 aliphatic heterocycles. The number of amides is 1. The highest BCUT2D eigenvalue weighted by molar-refractivity contribution is 5.97. The van der Waals surface area contributed by atoms with E-state index in [0.29, 0.717) is 5.82 Å². The van der Waals surface area contributed by atoms with Gasteiger partial charge in [0.25, 0.3) is 5.91 Å². The van der Waals surface area contributed by atoms with Gasteiger partial charge in [-0.3, -0.25) is 4.79 Å². The van der Waals surface area contributed by atoms with Gasteiger partial charge in [0.05, 0.1) is 6.33 Å². The van der Waals surface area contributed by atoms with E-state index in [9.17, 15) is 18.0 Å². The molecule has 8 heteroatoms. The number of hydrogen-bond donors (Lipinski definition) is 2. The Morgan fingerprint density at radius 3 is 2.94 bits per heavy atom. The van der Waals surface area contributed by atoms with Crippen LogP contribution in [-0.4, -0.2) is 46.6 Å². The molecule has 1 aliphatic rings. The fourth-order valence-electron chi connectivity index (χ4n) is 1.53. The van der Waals surface area contributed by atoms with Crippen LogP contribution in [0.15, 0.2) is 6.33 Å². The molecule has 88 valence electrons. The van der Waals surface area contributed by atoms with E-state index in [1.807, 2.05) is 0 Å². The van der Waals surface area contributed by atoms with Gasteiger partial charge in [0.1, 0.15) is 12.4 Å². The maximum atomic E-state index is 12.2. The quantitative estimate of drug-likeness (QED) is 0.756. The number of rotatable bonds is 1. The van der Waals surface area contributed by atoms with Crippen molar-refractivity contribution in [2.24, 2.45) is 0 Å². The van der Waals surface area contributed by atoms with Crippen molar-refractivity contribution in [2.75, 3.05) is 25.0 Å². The van der Waals surface area contributed by atoms with Gasteiger partial charge in [-0.25, -0.2) is 4.98 Å². The van der Waals surface area contributed by atoms with Crippen molar-refractivity contribution in [3.8, 4) is 0 Å². The minimum Gasteiger partial charge on any atom is -0.368 e. The van der Waals surface area contributed by atoms with E-state index in [4.69, 9.17) is 0 Å². The Balaban J connectivity index is 2.21. The Morgan fingerprint density at radius 2 is 2.25 bits per heavy atom. The average molecular weight is 234 g/mol. The molecule has 0 saturated carbocycles. The minimum atomic E-state index is -4.39. The van der Waals surface area contributed by atoms with Crippen molar-refractivity contribution in [3.63, 3.8) is 0 Å². The molecular weight excluding hydrogens is 225 g/mol. The van der Waals surface area contributed by atoms with Crippen molar-refractivity contribution in [1.82, 2.24) is 14.9 Å². The molecule has 0 spiro atoms. The van der Waals surface area contributed by atoms with Gasteiger partial charge in [-0.05, 0) is 0 Å². The highest BCUT2D eigenvalue weighted by Gasteiger charge is 2.35. The first-order chi connectivity index (χ1) is 7.47. The summed E-state index contributed by atoms with van der Waals surface area (Å²) in [5.41, 5.74) is 0.00162. The van der Waals surface area contributed by atoms with Crippen LogP contribution >= 0.6 is 0 Å². The molecule has 0 aliphatic carbocycles.